The lowest BCUT2D eigenvalue weighted by Gasteiger charge is -2.36. The number of thiophene rings is 1. The van der Waals surface area contributed by atoms with Gasteiger partial charge in [0.25, 0.3) is 0 Å². The molecule has 0 radical (unpaired) electrons. The van der Waals surface area contributed by atoms with E-state index in [0.717, 1.165) is 23.7 Å². The predicted molar refractivity (Wildman–Crippen MR) is 98.0 cm³/mol. The molecule has 3 nitrogen and oxygen atoms in total. The van der Waals surface area contributed by atoms with E-state index >= 15 is 0 Å². The van der Waals surface area contributed by atoms with Gasteiger partial charge in [-0.25, -0.2) is 9.97 Å². The fourth-order valence-corrected chi connectivity index (χ4v) is 4.68. The van der Waals surface area contributed by atoms with Gasteiger partial charge in [0.05, 0.1) is 5.39 Å². The molecule has 1 fully saturated rings. The van der Waals surface area contributed by atoms with Crippen molar-refractivity contribution in [3.8, 4) is 11.1 Å². The smallest absolute Gasteiger partial charge is 0.141 e. The van der Waals surface area contributed by atoms with E-state index in [0.29, 0.717) is 11.8 Å². The van der Waals surface area contributed by atoms with E-state index < -0.39 is 0 Å². The molecule has 1 saturated heterocycles. The molecule has 0 bridgehead atoms. The van der Waals surface area contributed by atoms with E-state index in [4.69, 9.17) is 0 Å². The van der Waals surface area contributed by atoms with Crippen LogP contribution < -0.4 is 4.90 Å². The molecule has 1 aromatic carbocycles. The van der Waals surface area contributed by atoms with E-state index in [-0.39, 0.29) is 0 Å². The minimum atomic E-state index is 0.711. The van der Waals surface area contributed by atoms with Gasteiger partial charge in [0.2, 0.25) is 0 Å². The number of hydrogen-bond donors (Lipinski definition) is 0. The molecule has 3 aromatic rings. The summed E-state index contributed by atoms with van der Waals surface area (Å²) in [4.78, 5) is 12.7. The summed E-state index contributed by atoms with van der Waals surface area (Å²) in [6, 6.07) is 10.6. The lowest BCUT2D eigenvalue weighted by Crippen LogP contribution is -2.39. The summed E-state index contributed by atoms with van der Waals surface area (Å²) >= 11 is 1.71. The van der Waals surface area contributed by atoms with E-state index in [2.05, 4.69) is 64.4 Å². The van der Waals surface area contributed by atoms with Crippen LogP contribution in [0, 0.1) is 11.8 Å². The Morgan fingerprint density at radius 3 is 2.52 bits per heavy atom. The second kappa shape index (κ2) is 5.93. The van der Waals surface area contributed by atoms with Crippen molar-refractivity contribution in [1.29, 1.82) is 0 Å². The van der Waals surface area contributed by atoms with Gasteiger partial charge < -0.3 is 4.90 Å². The Morgan fingerprint density at radius 2 is 1.78 bits per heavy atom. The first-order chi connectivity index (χ1) is 11.2. The zero-order valence-electron chi connectivity index (χ0n) is 13.6. The van der Waals surface area contributed by atoms with Gasteiger partial charge in [-0.3, -0.25) is 0 Å². The molecule has 4 heteroatoms. The molecule has 1 aliphatic rings. The van der Waals surface area contributed by atoms with Crippen LogP contribution in [0.4, 0.5) is 5.82 Å². The highest BCUT2D eigenvalue weighted by Gasteiger charge is 2.25. The largest absolute Gasteiger partial charge is 0.355 e. The minimum Gasteiger partial charge on any atom is -0.355 e. The van der Waals surface area contributed by atoms with Crippen LogP contribution in [0.15, 0.2) is 42.0 Å². The van der Waals surface area contributed by atoms with Gasteiger partial charge in [0.15, 0.2) is 0 Å². The molecule has 23 heavy (non-hydrogen) atoms. The fourth-order valence-electron chi connectivity index (χ4n) is 3.77. The van der Waals surface area contributed by atoms with Gasteiger partial charge in [-0.15, -0.1) is 11.3 Å². The van der Waals surface area contributed by atoms with Crippen molar-refractivity contribution >= 4 is 27.4 Å². The highest BCUT2D eigenvalue weighted by Crippen LogP contribution is 2.39. The first-order valence-electron chi connectivity index (χ1n) is 8.25. The number of aromatic nitrogens is 2. The minimum absolute atomic E-state index is 0.711. The highest BCUT2D eigenvalue weighted by atomic mass is 32.1. The quantitative estimate of drug-likeness (QED) is 0.675. The summed E-state index contributed by atoms with van der Waals surface area (Å²) in [5.41, 5.74) is 2.50. The maximum atomic E-state index is 4.68. The molecule has 0 unspecified atom stereocenters. The van der Waals surface area contributed by atoms with Crippen LogP contribution in [0.1, 0.15) is 20.3 Å². The Balaban J connectivity index is 1.85. The SMILES string of the molecule is C[C@H]1C[C@H](C)CN(c2ncnc3scc(-c4ccccc4)c23)C1. The van der Waals surface area contributed by atoms with Gasteiger partial charge >= 0.3 is 0 Å². The molecular weight excluding hydrogens is 302 g/mol. The maximum Gasteiger partial charge on any atom is 0.141 e. The number of fused-ring (bicyclic) bond motifs is 1. The summed E-state index contributed by atoms with van der Waals surface area (Å²) in [6.07, 6.45) is 3.02. The molecule has 0 spiro atoms. The van der Waals surface area contributed by atoms with Crippen molar-refractivity contribution < 1.29 is 0 Å². The molecule has 2 aromatic heterocycles. The second-order valence-electron chi connectivity index (χ2n) is 6.74. The monoisotopic (exact) mass is 323 g/mol. The topological polar surface area (TPSA) is 29.0 Å². The molecule has 3 heterocycles. The Labute approximate surface area is 141 Å². The van der Waals surface area contributed by atoms with E-state index in [1.165, 1.54) is 22.9 Å². The van der Waals surface area contributed by atoms with Crippen LogP contribution in [0.2, 0.25) is 0 Å². The third-order valence-corrected chi connectivity index (χ3v) is 5.49. The van der Waals surface area contributed by atoms with Gasteiger partial charge in [-0.1, -0.05) is 44.2 Å². The van der Waals surface area contributed by atoms with Crippen molar-refractivity contribution in [3.05, 3.63) is 42.0 Å². The highest BCUT2D eigenvalue weighted by molar-refractivity contribution is 7.17. The molecule has 0 saturated carbocycles. The van der Waals surface area contributed by atoms with Crippen LogP contribution in [0.5, 0.6) is 0 Å². The average molecular weight is 323 g/mol. The molecule has 1 aliphatic heterocycles. The zero-order chi connectivity index (χ0) is 15.8. The van der Waals surface area contributed by atoms with Gasteiger partial charge in [0, 0.05) is 24.0 Å². The number of nitrogens with zero attached hydrogens (tertiary/aromatic N) is 3. The molecule has 4 rings (SSSR count). The van der Waals surface area contributed by atoms with Gasteiger partial charge in [-0.05, 0) is 23.8 Å². The molecule has 2 atom stereocenters. The van der Waals surface area contributed by atoms with Crippen molar-refractivity contribution in [2.24, 2.45) is 11.8 Å². The van der Waals surface area contributed by atoms with Gasteiger partial charge in [-0.2, -0.15) is 0 Å². The average Bonchev–Trinajstić information content (AvgIpc) is 2.99. The third-order valence-electron chi connectivity index (χ3n) is 4.60. The van der Waals surface area contributed by atoms with Crippen molar-refractivity contribution in [1.82, 2.24) is 9.97 Å². The molecule has 0 amide bonds. The lowest BCUT2D eigenvalue weighted by molar-refractivity contribution is 0.356. The van der Waals surface area contributed by atoms with Crippen molar-refractivity contribution in [3.63, 3.8) is 0 Å². The van der Waals surface area contributed by atoms with Crippen molar-refractivity contribution in [2.75, 3.05) is 18.0 Å². The normalized spacial score (nSPS) is 21.7. The molecule has 0 aliphatic carbocycles. The molecule has 118 valence electrons. The summed E-state index contributed by atoms with van der Waals surface area (Å²) in [7, 11) is 0. The number of benzene rings is 1. The van der Waals surface area contributed by atoms with Crippen LogP contribution >= 0.6 is 11.3 Å². The number of rotatable bonds is 2. The first-order valence-corrected chi connectivity index (χ1v) is 9.13. The van der Waals surface area contributed by atoms with E-state index in [1.54, 1.807) is 17.7 Å². The van der Waals surface area contributed by atoms with Gasteiger partial charge in [0.1, 0.15) is 17.0 Å². The van der Waals surface area contributed by atoms with E-state index in [9.17, 15) is 0 Å². The maximum absolute atomic E-state index is 4.68. The Kier molecular flexibility index (Phi) is 3.77. The Bertz CT molecular complexity index is 802. The third kappa shape index (κ3) is 2.72. The zero-order valence-corrected chi connectivity index (χ0v) is 14.4. The van der Waals surface area contributed by atoms with Crippen molar-refractivity contribution in [2.45, 2.75) is 20.3 Å². The van der Waals surface area contributed by atoms with Crippen LogP contribution in [-0.4, -0.2) is 23.1 Å². The Morgan fingerprint density at radius 1 is 1.04 bits per heavy atom. The number of hydrogen-bond acceptors (Lipinski definition) is 4. The lowest BCUT2D eigenvalue weighted by atomic mass is 9.91. The molecule has 0 N–H and O–H groups in total. The summed E-state index contributed by atoms with van der Waals surface area (Å²) in [5, 5.41) is 3.43. The fraction of sp³-hybridized carbons (Fsp3) is 0.368. The number of piperidine rings is 1. The standard InChI is InChI=1S/C19H21N3S/c1-13-8-14(2)10-22(9-13)18-17-16(15-6-4-3-5-7-15)11-23-19(17)21-12-20-18/h3-7,11-14H,8-10H2,1-2H3/t13-,14-/m0/s1. The predicted octanol–water partition coefficient (Wildman–Crippen LogP) is 4.84. The van der Waals surface area contributed by atoms with Crippen LogP contribution in [-0.2, 0) is 0 Å². The summed E-state index contributed by atoms with van der Waals surface area (Å²) < 4.78 is 0. The summed E-state index contributed by atoms with van der Waals surface area (Å²) in [6.45, 7) is 6.85. The number of anilines is 1. The molecular formula is C19H21N3S. The summed E-state index contributed by atoms with van der Waals surface area (Å²) in [5.74, 6) is 2.53. The Hall–Kier alpha value is -1.94. The van der Waals surface area contributed by atoms with E-state index in [1.807, 2.05) is 0 Å². The van der Waals surface area contributed by atoms with Crippen LogP contribution in [0.25, 0.3) is 21.3 Å². The van der Waals surface area contributed by atoms with Crippen LogP contribution in [0.3, 0.4) is 0 Å². The second-order valence-corrected chi connectivity index (χ2v) is 7.60. The first kappa shape index (κ1) is 14.6.